The second-order valence-corrected chi connectivity index (χ2v) is 9.95. The molecule has 1 amide bonds. The zero-order chi connectivity index (χ0) is 21.6. The predicted octanol–water partition coefficient (Wildman–Crippen LogP) is 4.05. The Morgan fingerprint density at radius 1 is 1.30 bits per heavy atom. The molecule has 2 bridgehead atoms. The van der Waals surface area contributed by atoms with Gasteiger partial charge in [0.05, 0.1) is 33.8 Å². The zero-order valence-electron chi connectivity index (χ0n) is 17.7. The summed E-state index contributed by atoms with van der Waals surface area (Å²) in [4.78, 5) is 29.1. The van der Waals surface area contributed by atoms with E-state index in [1.807, 2.05) is 20.8 Å². The summed E-state index contributed by atoms with van der Waals surface area (Å²) in [6.45, 7) is 6.55. The number of carbonyl (C=O) groups excluding carboxylic acids is 1. The summed E-state index contributed by atoms with van der Waals surface area (Å²) in [5.74, 6) is 0. The van der Waals surface area contributed by atoms with E-state index in [4.69, 9.17) is 21.1 Å². The van der Waals surface area contributed by atoms with E-state index in [1.54, 1.807) is 29.0 Å². The molecule has 1 N–H and O–H groups in total. The van der Waals surface area contributed by atoms with Gasteiger partial charge >= 0.3 is 6.09 Å². The number of fused-ring (bicyclic) bond motifs is 4. The molecule has 0 unspecified atom stereocenters. The van der Waals surface area contributed by atoms with Crippen molar-refractivity contribution < 1.29 is 14.3 Å². The fraction of sp³-hybridized carbons (Fsp3) is 0.591. The molecule has 1 aliphatic carbocycles. The number of alkyl carbamates (subject to hydrolysis) is 1. The Morgan fingerprint density at radius 3 is 2.67 bits per heavy atom. The number of carbonyl (C=O) groups is 1. The molecule has 0 atom stereocenters. The van der Waals surface area contributed by atoms with E-state index >= 15 is 0 Å². The lowest BCUT2D eigenvalue weighted by Crippen LogP contribution is -2.63. The van der Waals surface area contributed by atoms with E-state index in [1.165, 1.54) is 0 Å². The molecule has 0 spiro atoms. The van der Waals surface area contributed by atoms with Gasteiger partial charge in [-0.25, -0.2) is 4.79 Å². The first-order chi connectivity index (χ1) is 14.1. The van der Waals surface area contributed by atoms with Crippen molar-refractivity contribution in [2.45, 2.75) is 76.2 Å². The molecule has 2 aromatic heterocycles. The third kappa shape index (κ3) is 4.32. The average Bonchev–Trinajstić information content (AvgIpc) is 2.67. The third-order valence-electron chi connectivity index (χ3n) is 6.13. The van der Waals surface area contributed by atoms with Crippen LogP contribution in [-0.2, 0) is 16.0 Å². The Labute approximate surface area is 180 Å². The van der Waals surface area contributed by atoms with Crippen LogP contribution < -0.4 is 10.9 Å². The van der Waals surface area contributed by atoms with Crippen molar-refractivity contribution in [3.8, 4) is 0 Å². The summed E-state index contributed by atoms with van der Waals surface area (Å²) in [5.41, 5.74) is 0.237. The van der Waals surface area contributed by atoms with Gasteiger partial charge in [0.1, 0.15) is 5.60 Å². The van der Waals surface area contributed by atoms with E-state index in [0.717, 1.165) is 43.1 Å². The maximum absolute atomic E-state index is 12.5. The average molecular weight is 434 g/mol. The molecule has 7 nitrogen and oxygen atoms in total. The largest absolute Gasteiger partial charge is 0.444 e. The second kappa shape index (κ2) is 7.54. The molecule has 0 aromatic carbocycles. The molecule has 8 heteroatoms. The van der Waals surface area contributed by atoms with E-state index < -0.39 is 11.7 Å². The van der Waals surface area contributed by atoms with Crippen LogP contribution in [0.3, 0.4) is 0 Å². The van der Waals surface area contributed by atoms with Crippen molar-refractivity contribution in [1.29, 1.82) is 0 Å². The van der Waals surface area contributed by atoms with E-state index in [0.29, 0.717) is 18.2 Å². The molecule has 2 aromatic rings. The number of rotatable bonds is 4. The van der Waals surface area contributed by atoms with Gasteiger partial charge in [0, 0.05) is 18.8 Å². The first-order valence-electron chi connectivity index (χ1n) is 10.4. The van der Waals surface area contributed by atoms with Crippen molar-refractivity contribution in [3.05, 3.63) is 39.8 Å². The number of hydrogen-bond acceptors (Lipinski definition) is 5. The van der Waals surface area contributed by atoms with Crippen molar-refractivity contribution in [1.82, 2.24) is 14.9 Å². The summed E-state index contributed by atoms with van der Waals surface area (Å²) in [6, 6.07) is 5.04. The molecule has 162 valence electrons. The smallest absolute Gasteiger partial charge is 0.408 e. The Morgan fingerprint density at radius 2 is 2.03 bits per heavy atom. The monoisotopic (exact) mass is 433 g/mol. The van der Waals surface area contributed by atoms with Crippen LogP contribution in [-0.4, -0.2) is 39.0 Å². The van der Waals surface area contributed by atoms with E-state index in [9.17, 15) is 9.59 Å². The highest BCUT2D eigenvalue weighted by Gasteiger charge is 2.50. The molecular weight excluding hydrogens is 406 g/mol. The summed E-state index contributed by atoms with van der Waals surface area (Å²) < 4.78 is 13.4. The first kappa shape index (κ1) is 21.1. The molecule has 3 fully saturated rings. The predicted molar refractivity (Wildman–Crippen MR) is 115 cm³/mol. The normalized spacial score (nSPS) is 26.0. The van der Waals surface area contributed by atoms with Crippen LogP contribution in [0.25, 0.3) is 11.0 Å². The Bertz CT molecular complexity index is 1000. The molecule has 30 heavy (non-hydrogen) atoms. The van der Waals surface area contributed by atoms with Crippen molar-refractivity contribution in [2.75, 3.05) is 6.61 Å². The van der Waals surface area contributed by atoms with Gasteiger partial charge < -0.3 is 19.4 Å². The number of hydrogen-bond donors (Lipinski definition) is 1. The number of halogens is 1. The van der Waals surface area contributed by atoms with Crippen molar-refractivity contribution in [2.24, 2.45) is 0 Å². The highest BCUT2D eigenvalue weighted by molar-refractivity contribution is 6.31. The van der Waals surface area contributed by atoms with Gasteiger partial charge in [-0.3, -0.25) is 9.78 Å². The Kier molecular flexibility index (Phi) is 5.31. The van der Waals surface area contributed by atoms with Gasteiger partial charge in [-0.05, 0) is 65.0 Å². The lowest BCUT2D eigenvalue weighted by Gasteiger charge is -2.53. The fourth-order valence-electron chi connectivity index (χ4n) is 4.46. The van der Waals surface area contributed by atoms with Gasteiger partial charge in [-0.2, -0.15) is 0 Å². The number of pyridine rings is 2. The topological polar surface area (TPSA) is 82.5 Å². The molecule has 0 radical (unpaired) electrons. The first-order valence-corrected chi connectivity index (χ1v) is 10.8. The van der Waals surface area contributed by atoms with Crippen LogP contribution in [0.5, 0.6) is 0 Å². The highest BCUT2D eigenvalue weighted by Crippen LogP contribution is 2.45. The summed E-state index contributed by atoms with van der Waals surface area (Å²) in [6.07, 6.45) is 5.25. The van der Waals surface area contributed by atoms with Crippen LogP contribution in [0, 0.1) is 0 Å². The quantitative estimate of drug-likeness (QED) is 0.786. The van der Waals surface area contributed by atoms with Crippen molar-refractivity contribution in [3.63, 3.8) is 0 Å². The molecule has 4 heterocycles. The second-order valence-electron chi connectivity index (χ2n) is 9.51. The van der Waals surface area contributed by atoms with Crippen LogP contribution in [0.1, 0.15) is 52.9 Å². The van der Waals surface area contributed by atoms with Crippen LogP contribution in [0.4, 0.5) is 4.79 Å². The van der Waals surface area contributed by atoms with Gasteiger partial charge in [0.15, 0.2) is 0 Å². The molecule has 2 saturated heterocycles. The summed E-state index contributed by atoms with van der Waals surface area (Å²) >= 11 is 6.10. The zero-order valence-corrected chi connectivity index (χ0v) is 18.4. The minimum Gasteiger partial charge on any atom is -0.444 e. The lowest BCUT2D eigenvalue weighted by atomic mass is 9.70. The van der Waals surface area contributed by atoms with Gasteiger partial charge in [0.25, 0.3) is 5.56 Å². The Balaban J connectivity index is 1.44. The van der Waals surface area contributed by atoms with Gasteiger partial charge in [-0.15, -0.1) is 0 Å². The molecule has 5 rings (SSSR count). The molecule has 3 aliphatic rings. The maximum atomic E-state index is 12.5. The number of aryl methyl sites for hydroxylation is 1. The van der Waals surface area contributed by atoms with Crippen LogP contribution in [0.15, 0.2) is 29.2 Å². The number of nitrogens with zero attached hydrogens (tertiary/aromatic N) is 2. The highest BCUT2D eigenvalue weighted by atomic mass is 35.5. The van der Waals surface area contributed by atoms with Crippen LogP contribution >= 0.6 is 11.6 Å². The molecule has 2 aliphatic heterocycles. The standard InChI is InChI=1S/C22H28ClN3O4/c1-20(2,3)30-19(28)25-21-6-8-22(9-7-21,29-14-21)10-11-26-17-12-15(23)13-24-16(17)4-5-18(26)27/h4-5,12-13H,6-11,14H2,1-3H3,(H,25,28). The number of ether oxygens (including phenoxy) is 2. The van der Waals surface area contributed by atoms with Gasteiger partial charge in [0.2, 0.25) is 0 Å². The third-order valence-corrected chi connectivity index (χ3v) is 6.34. The minimum atomic E-state index is -0.530. The number of amides is 1. The SMILES string of the molecule is CC(C)(C)OC(=O)NC12CCC(CCn3c(=O)ccc4ncc(Cl)cc43)(CC1)OC2. The fourth-order valence-corrected chi connectivity index (χ4v) is 4.61. The lowest BCUT2D eigenvalue weighted by molar-refractivity contribution is -0.165. The van der Waals surface area contributed by atoms with E-state index in [2.05, 4.69) is 10.3 Å². The maximum Gasteiger partial charge on any atom is 0.408 e. The van der Waals surface area contributed by atoms with Crippen LogP contribution in [0.2, 0.25) is 5.02 Å². The summed E-state index contributed by atoms with van der Waals surface area (Å²) in [5, 5.41) is 3.55. The number of aromatic nitrogens is 2. The summed E-state index contributed by atoms with van der Waals surface area (Å²) in [7, 11) is 0. The van der Waals surface area contributed by atoms with E-state index in [-0.39, 0.29) is 16.7 Å². The number of nitrogens with one attached hydrogen (secondary N) is 1. The van der Waals surface area contributed by atoms with Gasteiger partial charge in [-0.1, -0.05) is 11.6 Å². The molecule has 1 saturated carbocycles. The van der Waals surface area contributed by atoms with Crippen molar-refractivity contribution >= 4 is 28.7 Å². The molecular formula is C22H28ClN3O4. The minimum absolute atomic E-state index is 0.0736. The Hall–Kier alpha value is -2.12.